The molecule has 0 bridgehead atoms. The summed E-state index contributed by atoms with van der Waals surface area (Å²) in [5.41, 5.74) is 4.56. The van der Waals surface area contributed by atoms with E-state index in [1.54, 1.807) is 19.9 Å². The van der Waals surface area contributed by atoms with Crippen LogP contribution in [0.3, 0.4) is 0 Å². The molecule has 2 aromatic rings. The van der Waals surface area contributed by atoms with Crippen molar-refractivity contribution in [1.29, 1.82) is 0 Å². The maximum absolute atomic E-state index is 11.9. The molecule has 3 unspecified atom stereocenters. The lowest BCUT2D eigenvalue weighted by atomic mass is 9.90. The van der Waals surface area contributed by atoms with Crippen LogP contribution < -0.4 is 10.6 Å². The molecule has 1 aliphatic heterocycles. The van der Waals surface area contributed by atoms with Crippen LogP contribution >= 0.6 is 0 Å². The number of aliphatic hydroxyl groups is 3. The van der Waals surface area contributed by atoms with Gasteiger partial charge in [0.1, 0.15) is 5.69 Å². The average Bonchev–Trinajstić information content (AvgIpc) is 2.87. The molecule has 2 aromatic carbocycles. The zero-order valence-electron chi connectivity index (χ0n) is 21.9. The van der Waals surface area contributed by atoms with Gasteiger partial charge in [-0.25, -0.2) is 4.79 Å². The molecule has 3 rings (SSSR count). The van der Waals surface area contributed by atoms with Gasteiger partial charge in [-0.2, -0.15) is 0 Å². The summed E-state index contributed by atoms with van der Waals surface area (Å²) < 4.78 is 5.94. The maximum atomic E-state index is 11.9. The first-order valence-electron chi connectivity index (χ1n) is 12.8. The van der Waals surface area contributed by atoms with E-state index >= 15 is 0 Å². The highest BCUT2D eigenvalue weighted by Crippen LogP contribution is 2.38. The summed E-state index contributed by atoms with van der Waals surface area (Å²) in [5, 5.41) is 37.7. The first kappa shape index (κ1) is 28.7. The van der Waals surface area contributed by atoms with Gasteiger partial charge in [0, 0.05) is 24.9 Å². The molecule has 9 nitrogen and oxygen atoms in total. The average molecular weight is 514 g/mol. The van der Waals surface area contributed by atoms with Crippen molar-refractivity contribution in [3.8, 4) is 0 Å². The van der Waals surface area contributed by atoms with E-state index in [0.29, 0.717) is 37.1 Å². The lowest BCUT2D eigenvalue weighted by molar-refractivity contribution is -0.113. The number of amides is 2. The number of hydrogen-bond donors (Lipinski definition) is 5. The zero-order chi connectivity index (χ0) is 27.0. The molecule has 0 radical (unpaired) electrons. The summed E-state index contributed by atoms with van der Waals surface area (Å²) in [6.45, 7) is 5.67. The van der Waals surface area contributed by atoms with Gasteiger partial charge in [0.2, 0.25) is 0 Å². The van der Waals surface area contributed by atoms with Crippen LogP contribution in [0.2, 0.25) is 0 Å². The summed E-state index contributed by atoms with van der Waals surface area (Å²) in [5.74, 6) is 0. The normalized spacial score (nSPS) is 19.9. The van der Waals surface area contributed by atoms with Gasteiger partial charge in [-0.15, -0.1) is 4.91 Å². The second-order valence-corrected chi connectivity index (χ2v) is 10.5. The molecule has 1 aliphatic rings. The number of benzene rings is 2. The number of nitroso groups, excluding NO2 is 1. The van der Waals surface area contributed by atoms with Gasteiger partial charge in [-0.3, -0.25) is 0 Å². The van der Waals surface area contributed by atoms with Crippen molar-refractivity contribution in [2.75, 3.05) is 19.8 Å². The molecule has 0 spiro atoms. The first-order valence-corrected chi connectivity index (χ1v) is 12.8. The molecule has 1 saturated heterocycles. The lowest BCUT2D eigenvalue weighted by Crippen LogP contribution is -2.50. The summed E-state index contributed by atoms with van der Waals surface area (Å²) in [7, 11) is 0. The van der Waals surface area contributed by atoms with Crippen molar-refractivity contribution in [2.45, 2.75) is 76.7 Å². The number of carbonyl (C=O) groups is 1. The number of carbonyl (C=O) groups excluding carboxylic acids is 1. The van der Waals surface area contributed by atoms with Crippen LogP contribution in [-0.2, 0) is 17.6 Å². The van der Waals surface area contributed by atoms with Gasteiger partial charge < -0.3 is 30.7 Å². The number of nitrogens with zero attached hydrogens (tertiary/aromatic N) is 1. The number of aryl methyl sites for hydroxylation is 2. The van der Waals surface area contributed by atoms with E-state index in [-0.39, 0.29) is 19.2 Å². The van der Waals surface area contributed by atoms with Crippen LogP contribution in [0.1, 0.15) is 67.0 Å². The van der Waals surface area contributed by atoms with E-state index in [4.69, 9.17) is 4.74 Å². The Kier molecular flexibility index (Phi) is 10.2. The summed E-state index contributed by atoms with van der Waals surface area (Å²) in [6.07, 6.45) is 1.42. The van der Waals surface area contributed by atoms with Crippen LogP contribution in [0.15, 0.2) is 41.6 Å². The fourth-order valence-electron chi connectivity index (χ4n) is 4.52. The summed E-state index contributed by atoms with van der Waals surface area (Å²) in [4.78, 5) is 23.4. The number of ether oxygens (including phenoxy) is 1. The first-order chi connectivity index (χ1) is 17.6. The third-order valence-electron chi connectivity index (χ3n) is 6.70. The largest absolute Gasteiger partial charge is 0.394 e. The Labute approximate surface area is 218 Å². The van der Waals surface area contributed by atoms with E-state index in [0.717, 1.165) is 29.5 Å². The van der Waals surface area contributed by atoms with Crippen LogP contribution in [0.4, 0.5) is 10.5 Å². The van der Waals surface area contributed by atoms with Crippen molar-refractivity contribution in [1.82, 2.24) is 10.6 Å². The maximum Gasteiger partial charge on any atom is 0.315 e. The predicted molar refractivity (Wildman–Crippen MR) is 142 cm³/mol. The van der Waals surface area contributed by atoms with Gasteiger partial charge in [0.05, 0.1) is 37.1 Å². The Morgan fingerprint density at radius 3 is 2.49 bits per heavy atom. The molecule has 5 N–H and O–H groups in total. The molecule has 202 valence electrons. The quantitative estimate of drug-likeness (QED) is 0.230. The highest BCUT2D eigenvalue weighted by Gasteiger charge is 2.31. The minimum Gasteiger partial charge on any atom is -0.394 e. The van der Waals surface area contributed by atoms with E-state index in [1.807, 2.05) is 13.0 Å². The van der Waals surface area contributed by atoms with Gasteiger partial charge in [-0.05, 0) is 73.5 Å². The molecule has 1 heterocycles. The highest BCUT2D eigenvalue weighted by molar-refractivity contribution is 5.74. The fourth-order valence-corrected chi connectivity index (χ4v) is 4.52. The van der Waals surface area contributed by atoms with E-state index in [9.17, 15) is 25.0 Å². The molecular formula is C28H39N3O6. The van der Waals surface area contributed by atoms with Crippen molar-refractivity contribution < 1.29 is 24.9 Å². The molecule has 1 fully saturated rings. The van der Waals surface area contributed by atoms with E-state index in [2.05, 4.69) is 40.1 Å². The van der Waals surface area contributed by atoms with Crippen molar-refractivity contribution in [2.24, 2.45) is 5.18 Å². The van der Waals surface area contributed by atoms with Crippen LogP contribution in [-0.4, -0.2) is 58.9 Å². The van der Waals surface area contributed by atoms with Crippen molar-refractivity contribution >= 4 is 11.7 Å². The smallest absolute Gasteiger partial charge is 0.315 e. The minimum absolute atomic E-state index is 0.132. The number of rotatable bonds is 11. The number of aliphatic hydroxyl groups excluding tert-OH is 3. The van der Waals surface area contributed by atoms with Crippen LogP contribution in [0.25, 0.3) is 0 Å². The highest BCUT2D eigenvalue weighted by atomic mass is 16.5. The SMILES string of the molecule is Cc1cc(N=O)c(C2CC(O)CC(CO)O2)cc1Cc1ccc(CCCNC(=O)NC(C)(C)CO)cc1. The second kappa shape index (κ2) is 13.1. The molecule has 0 saturated carbocycles. The predicted octanol–water partition coefficient (Wildman–Crippen LogP) is 3.56. The van der Waals surface area contributed by atoms with Crippen LogP contribution in [0, 0.1) is 11.8 Å². The van der Waals surface area contributed by atoms with Gasteiger partial charge >= 0.3 is 6.03 Å². The van der Waals surface area contributed by atoms with Gasteiger partial charge in [-0.1, -0.05) is 30.3 Å². The Bertz CT molecular complexity index is 1060. The third kappa shape index (κ3) is 8.33. The van der Waals surface area contributed by atoms with Crippen LogP contribution in [0.5, 0.6) is 0 Å². The topological polar surface area (TPSA) is 140 Å². The monoisotopic (exact) mass is 513 g/mol. The number of nitrogens with one attached hydrogen (secondary N) is 2. The fraction of sp³-hybridized carbons (Fsp3) is 0.536. The number of hydrogen-bond acceptors (Lipinski definition) is 7. The van der Waals surface area contributed by atoms with Crippen molar-refractivity contribution in [3.05, 3.63) is 69.1 Å². The molecular weight excluding hydrogens is 474 g/mol. The summed E-state index contributed by atoms with van der Waals surface area (Å²) >= 11 is 0. The second-order valence-electron chi connectivity index (χ2n) is 10.5. The van der Waals surface area contributed by atoms with E-state index in [1.165, 1.54) is 5.56 Å². The van der Waals surface area contributed by atoms with E-state index < -0.39 is 23.9 Å². The van der Waals surface area contributed by atoms with Gasteiger partial charge in [0.25, 0.3) is 0 Å². The molecule has 9 heteroatoms. The Hall–Kier alpha value is -2.85. The standard InChI is InChI=1S/C28H39N3O6/c1-18-11-25(31-36)24(26-15-22(34)14-23(16-32)37-26)13-21(18)12-20-8-6-19(7-9-20)5-4-10-29-27(35)30-28(2,3)17-33/h6-9,11,13,22-23,26,32-34H,4-5,10,12,14-17H2,1-3H3,(H2,29,30,35). The zero-order valence-corrected chi connectivity index (χ0v) is 21.9. The molecule has 0 aliphatic carbocycles. The Balaban J connectivity index is 1.60. The Morgan fingerprint density at radius 2 is 1.84 bits per heavy atom. The van der Waals surface area contributed by atoms with Crippen molar-refractivity contribution in [3.63, 3.8) is 0 Å². The summed E-state index contributed by atoms with van der Waals surface area (Å²) in [6, 6.07) is 11.7. The molecule has 0 aromatic heterocycles. The lowest BCUT2D eigenvalue weighted by Gasteiger charge is -2.33. The Morgan fingerprint density at radius 1 is 1.14 bits per heavy atom. The minimum atomic E-state index is -0.657. The van der Waals surface area contributed by atoms with Gasteiger partial charge in [0.15, 0.2) is 0 Å². The molecule has 37 heavy (non-hydrogen) atoms. The third-order valence-corrected chi connectivity index (χ3v) is 6.70. The number of urea groups is 1. The molecule has 3 atom stereocenters. The molecule has 2 amide bonds.